The van der Waals surface area contributed by atoms with Gasteiger partial charge in [-0.25, -0.2) is 0 Å². The number of rotatable bonds is 4. The van der Waals surface area contributed by atoms with E-state index < -0.39 is 0 Å². The predicted octanol–water partition coefficient (Wildman–Crippen LogP) is 1.95. The normalized spacial score (nSPS) is 25.6. The van der Waals surface area contributed by atoms with E-state index in [2.05, 4.69) is 43.8 Å². The van der Waals surface area contributed by atoms with Gasteiger partial charge in [0.2, 0.25) is 0 Å². The van der Waals surface area contributed by atoms with Crippen LogP contribution in [0.15, 0.2) is 0 Å². The van der Waals surface area contributed by atoms with Crippen LogP contribution in [0.2, 0.25) is 0 Å². The Kier molecular flexibility index (Phi) is 4.76. The molecule has 0 radical (unpaired) electrons. The molecule has 0 aromatic heterocycles. The average molecular weight is 223 g/mol. The molecule has 3 nitrogen and oxygen atoms in total. The van der Waals surface area contributed by atoms with Crippen molar-refractivity contribution >= 4 is 0 Å². The molecule has 1 aliphatic rings. The molecule has 0 aromatic carbocycles. The van der Waals surface area contributed by atoms with Gasteiger partial charge in [0.05, 0.1) is 6.07 Å². The Labute approximate surface area is 100 Å². The zero-order chi connectivity index (χ0) is 12.2. The van der Waals surface area contributed by atoms with Gasteiger partial charge in [0.1, 0.15) is 0 Å². The van der Waals surface area contributed by atoms with Gasteiger partial charge in [-0.1, -0.05) is 0 Å². The second-order valence-electron chi connectivity index (χ2n) is 5.65. The molecule has 92 valence electrons. The van der Waals surface area contributed by atoms with Crippen LogP contribution >= 0.6 is 0 Å². The summed E-state index contributed by atoms with van der Waals surface area (Å²) < 4.78 is 0. The van der Waals surface area contributed by atoms with Gasteiger partial charge in [0, 0.05) is 25.0 Å². The van der Waals surface area contributed by atoms with E-state index in [-0.39, 0.29) is 5.54 Å². The molecule has 1 fully saturated rings. The van der Waals surface area contributed by atoms with E-state index in [1.807, 2.05) is 0 Å². The SMILES string of the molecule is CN(C)CCN1CCCC(CC#N)C1(C)C. The van der Waals surface area contributed by atoms with Crippen molar-refractivity contribution in [3.8, 4) is 6.07 Å². The lowest BCUT2D eigenvalue weighted by Crippen LogP contribution is -2.54. The molecule has 0 saturated carbocycles. The molecule has 0 N–H and O–H groups in total. The minimum absolute atomic E-state index is 0.185. The second-order valence-corrected chi connectivity index (χ2v) is 5.65. The van der Waals surface area contributed by atoms with E-state index in [4.69, 9.17) is 5.26 Å². The number of nitrogens with zero attached hydrogens (tertiary/aromatic N) is 3. The lowest BCUT2D eigenvalue weighted by molar-refractivity contribution is 0.0198. The minimum atomic E-state index is 0.185. The first-order chi connectivity index (χ1) is 7.48. The maximum absolute atomic E-state index is 8.88. The first-order valence-electron chi connectivity index (χ1n) is 6.25. The van der Waals surface area contributed by atoms with Crippen LogP contribution in [0.4, 0.5) is 0 Å². The Hall–Kier alpha value is -0.590. The molecule has 1 aliphatic heterocycles. The molecule has 1 saturated heterocycles. The Morgan fingerprint density at radius 1 is 1.44 bits per heavy atom. The smallest absolute Gasteiger partial charge is 0.0625 e. The van der Waals surface area contributed by atoms with Crippen molar-refractivity contribution in [3.63, 3.8) is 0 Å². The molecule has 0 spiro atoms. The molecule has 0 bridgehead atoms. The van der Waals surface area contributed by atoms with E-state index in [9.17, 15) is 0 Å². The highest BCUT2D eigenvalue weighted by Gasteiger charge is 2.37. The Morgan fingerprint density at radius 3 is 2.69 bits per heavy atom. The van der Waals surface area contributed by atoms with Gasteiger partial charge in [0.15, 0.2) is 0 Å². The van der Waals surface area contributed by atoms with E-state index in [1.165, 1.54) is 19.4 Å². The van der Waals surface area contributed by atoms with Crippen LogP contribution in [0.5, 0.6) is 0 Å². The van der Waals surface area contributed by atoms with E-state index in [0.29, 0.717) is 12.3 Å². The van der Waals surface area contributed by atoms with Crippen LogP contribution in [0.25, 0.3) is 0 Å². The first-order valence-corrected chi connectivity index (χ1v) is 6.25. The molecule has 3 heteroatoms. The van der Waals surface area contributed by atoms with Crippen LogP contribution in [0, 0.1) is 17.2 Å². The summed E-state index contributed by atoms with van der Waals surface area (Å²) in [5.74, 6) is 0.536. The molecule has 0 aliphatic carbocycles. The van der Waals surface area contributed by atoms with Crippen molar-refractivity contribution in [2.45, 2.75) is 38.6 Å². The highest BCUT2D eigenvalue weighted by Crippen LogP contribution is 2.34. The van der Waals surface area contributed by atoms with Crippen molar-refractivity contribution in [2.24, 2.45) is 5.92 Å². The zero-order valence-electron chi connectivity index (χ0n) is 11.2. The summed E-state index contributed by atoms with van der Waals surface area (Å²) >= 11 is 0. The summed E-state index contributed by atoms with van der Waals surface area (Å²) in [7, 11) is 4.23. The van der Waals surface area contributed by atoms with Crippen LogP contribution in [0.3, 0.4) is 0 Å². The lowest BCUT2D eigenvalue weighted by atomic mass is 9.77. The van der Waals surface area contributed by atoms with Crippen LogP contribution in [-0.2, 0) is 0 Å². The van der Waals surface area contributed by atoms with Gasteiger partial charge in [-0.2, -0.15) is 5.26 Å². The van der Waals surface area contributed by atoms with Crippen LogP contribution in [0.1, 0.15) is 33.1 Å². The summed E-state index contributed by atoms with van der Waals surface area (Å²) in [6.07, 6.45) is 3.15. The first kappa shape index (κ1) is 13.5. The number of likely N-dealkylation sites (tertiary alicyclic amines) is 1. The summed E-state index contributed by atoms with van der Waals surface area (Å²) in [5.41, 5.74) is 0.185. The van der Waals surface area contributed by atoms with Gasteiger partial charge >= 0.3 is 0 Å². The summed E-state index contributed by atoms with van der Waals surface area (Å²) in [4.78, 5) is 4.78. The fourth-order valence-corrected chi connectivity index (χ4v) is 2.61. The quantitative estimate of drug-likeness (QED) is 0.730. The molecule has 0 aromatic rings. The molecule has 0 amide bonds. The van der Waals surface area contributed by atoms with Gasteiger partial charge in [-0.05, 0) is 53.2 Å². The topological polar surface area (TPSA) is 30.3 Å². The predicted molar refractivity (Wildman–Crippen MR) is 67.2 cm³/mol. The fraction of sp³-hybridized carbons (Fsp3) is 0.923. The standard InChI is InChI=1S/C13H25N3/c1-13(2)12(7-8-14)6-5-9-16(13)11-10-15(3)4/h12H,5-7,9-11H2,1-4H3. The second kappa shape index (κ2) is 5.65. The van der Waals surface area contributed by atoms with Crippen LogP contribution < -0.4 is 0 Å². The highest BCUT2D eigenvalue weighted by molar-refractivity contribution is 4.96. The Balaban J connectivity index is 2.59. The summed E-state index contributed by atoms with van der Waals surface area (Å²) in [6, 6.07) is 2.34. The number of piperidine rings is 1. The van der Waals surface area contributed by atoms with Gasteiger partial charge in [0.25, 0.3) is 0 Å². The lowest BCUT2D eigenvalue weighted by Gasteiger charge is -2.48. The van der Waals surface area contributed by atoms with Crippen molar-refractivity contribution in [2.75, 3.05) is 33.7 Å². The van der Waals surface area contributed by atoms with Crippen molar-refractivity contribution in [3.05, 3.63) is 0 Å². The van der Waals surface area contributed by atoms with E-state index in [0.717, 1.165) is 13.1 Å². The third-order valence-corrected chi connectivity index (χ3v) is 3.95. The monoisotopic (exact) mass is 223 g/mol. The largest absolute Gasteiger partial charge is 0.308 e. The number of nitriles is 1. The molecular formula is C13H25N3. The van der Waals surface area contributed by atoms with Crippen molar-refractivity contribution in [1.82, 2.24) is 9.80 Å². The summed E-state index contributed by atoms with van der Waals surface area (Å²) in [6.45, 7) is 7.99. The van der Waals surface area contributed by atoms with Gasteiger partial charge in [-0.3, -0.25) is 4.90 Å². The average Bonchev–Trinajstić information content (AvgIpc) is 2.19. The molecule has 1 rings (SSSR count). The third-order valence-electron chi connectivity index (χ3n) is 3.95. The molecule has 16 heavy (non-hydrogen) atoms. The number of hydrogen-bond acceptors (Lipinski definition) is 3. The minimum Gasteiger partial charge on any atom is -0.308 e. The number of likely N-dealkylation sites (N-methyl/N-ethyl adjacent to an activating group) is 1. The molecule has 1 atom stereocenters. The molecule has 1 heterocycles. The van der Waals surface area contributed by atoms with E-state index in [1.54, 1.807) is 0 Å². The molecule has 1 unspecified atom stereocenters. The van der Waals surface area contributed by atoms with E-state index >= 15 is 0 Å². The maximum Gasteiger partial charge on any atom is 0.0625 e. The molecular weight excluding hydrogens is 198 g/mol. The van der Waals surface area contributed by atoms with Crippen LogP contribution in [-0.4, -0.2) is 49.1 Å². The zero-order valence-corrected chi connectivity index (χ0v) is 11.2. The Morgan fingerprint density at radius 2 is 2.12 bits per heavy atom. The Bertz CT molecular complexity index is 252. The van der Waals surface area contributed by atoms with Gasteiger partial charge < -0.3 is 4.90 Å². The third kappa shape index (κ3) is 3.20. The van der Waals surface area contributed by atoms with Crippen molar-refractivity contribution in [1.29, 1.82) is 5.26 Å². The fourth-order valence-electron chi connectivity index (χ4n) is 2.61. The van der Waals surface area contributed by atoms with Gasteiger partial charge in [-0.15, -0.1) is 0 Å². The number of hydrogen-bond donors (Lipinski definition) is 0. The summed E-state index contributed by atoms with van der Waals surface area (Å²) in [5, 5.41) is 8.88. The maximum atomic E-state index is 8.88. The van der Waals surface area contributed by atoms with Crippen molar-refractivity contribution < 1.29 is 0 Å². The highest BCUT2D eigenvalue weighted by atomic mass is 15.2.